The molecule has 8 bridgehead atoms. The average molecular weight is 679 g/mol. The van der Waals surface area contributed by atoms with Crippen molar-refractivity contribution in [3.63, 3.8) is 0 Å². The van der Waals surface area contributed by atoms with Gasteiger partial charge < -0.3 is 19.1 Å². The summed E-state index contributed by atoms with van der Waals surface area (Å²) in [5, 5.41) is 1.98. The van der Waals surface area contributed by atoms with Crippen LogP contribution in [0.15, 0.2) is 116 Å². The van der Waals surface area contributed by atoms with Gasteiger partial charge in [-0.1, -0.05) is 18.2 Å². The number of hydrogen-bond acceptors (Lipinski definition) is 5. The quantitative estimate of drug-likeness (QED) is 0.138. The zero-order chi connectivity index (χ0) is 28.6. The monoisotopic (exact) mass is 678 g/mol. The summed E-state index contributed by atoms with van der Waals surface area (Å²) in [4.78, 5) is 9.37. The molecule has 0 aliphatic carbocycles. The molecule has 4 aromatic carbocycles. The van der Waals surface area contributed by atoms with Gasteiger partial charge in [-0.15, -0.1) is 0 Å². The summed E-state index contributed by atoms with van der Waals surface area (Å²) in [5.41, 5.74) is 6.75. The summed E-state index contributed by atoms with van der Waals surface area (Å²) < 4.78 is 20.9. The molecular formula is C35H36Co2N4O3. The molecule has 9 heteroatoms. The van der Waals surface area contributed by atoms with E-state index in [4.69, 9.17) is 13.8 Å². The summed E-state index contributed by atoms with van der Waals surface area (Å²) in [6.07, 6.45) is 7.63. The first kappa shape index (κ1) is 36.3. The van der Waals surface area contributed by atoms with Crippen molar-refractivity contribution < 1.29 is 56.8 Å². The number of rotatable bonds is 2. The predicted molar refractivity (Wildman–Crippen MR) is 170 cm³/mol. The molecule has 232 valence electrons. The fraction of sp³-hybridized carbons (Fsp3) is 0.143. The molecule has 2 radical (unpaired) electrons. The van der Waals surface area contributed by atoms with E-state index in [1.165, 1.54) is 0 Å². The van der Waals surface area contributed by atoms with Crippen LogP contribution in [0.3, 0.4) is 0 Å². The zero-order valence-corrected chi connectivity index (χ0v) is 27.3. The Hall–Kier alpha value is -3.87. The van der Waals surface area contributed by atoms with Crippen LogP contribution in [-0.4, -0.2) is 25.6 Å². The van der Waals surface area contributed by atoms with Crippen LogP contribution in [0.4, 0.5) is 11.4 Å². The Bertz CT molecular complexity index is 1720. The van der Waals surface area contributed by atoms with E-state index in [1.54, 1.807) is 16.4 Å². The number of fused-ring (bicyclic) bond motifs is 8. The summed E-state index contributed by atoms with van der Waals surface area (Å²) in [6.45, 7) is 10.7. The number of aromatic nitrogens is 2. The van der Waals surface area contributed by atoms with Gasteiger partial charge in [0.05, 0.1) is 28.2 Å². The van der Waals surface area contributed by atoms with Crippen molar-refractivity contribution >= 4 is 45.7 Å². The van der Waals surface area contributed by atoms with E-state index in [0.717, 1.165) is 69.0 Å². The molecule has 0 atom stereocenters. The fourth-order valence-corrected chi connectivity index (χ4v) is 4.43. The molecule has 7 nitrogen and oxygen atoms in total. The molecule has 0 spiro atoms. The van der Waals surface area contributed by atoms with Gasteiger partial charge in [0.2, 0.25) is 23.6 Å². The van der Waals surface area contributed by atoms with Crippen LogP contribution in [-0.2, 0) is 38.3 Å². The van der Waals surface area contributed by atoms with Gasteiger partial charge in [-0.25, -0.2) is 9.05 Å². The van der Waals surface area contributed by atoms with Crippen LogP contribution in [0.2, 0.25) is 0 Å². The van der Waals surface area contributed by atoms with E-state index < -0.39 is 0 Å². The Labute approximate surface area is 279 Å². The van der Waals surface area contributed by atoms with Crippen LogP contribution >= 0.6 is 0 Å². The van der Waals surface area contributed by atoms with Gasteiger partial charge in [0.1, 0.15) is 0 Å². The van der Waals surface area contributed by atoms with Crippen molar-refractivity contribution in [1.29, 1.82) is 0 Å². The molecule has 44 heavy (non-hydrogen) atoms. The Kier molecular flexibility index (Phi) is 14.4. The second kappa shape index (κ2) is 17.4. The third-order valence-corrected chi connectivity index (χ3v) is 6.33. The number of aliphatic imine (C=N–C) groups is 2. The van der Waals surface area contributed by atoms with E-state index in [2.05, 4.69) is 16.9 Å². The largest absolute Gasteiger partial charge is 0.382 e. The maximum absolute atomic E-state index is 6.24. The van der Waals surface area contributed by atoms with E-state index in [-0.39, 0.29) is 41.0 Å². The minimum atomic E-state index is 0. The van der Waals surface area contributed by atoms with Gasteiger partial charge in [0, 0.05) is 91.9 Å². The molecule has 0 saturated carbocycles. The molecule has 0 unspecified atom stereocenters. The Morgan fingerprint density at radius 1 is 0.636 bits per heavy atom. The minimum absolute atomic E-state index is 0. The standard InChI is InChI=1S/C28H18N4O2.C4H10O.C2H5.CH3.2Co/c1-5-19-15-29-23-9-3-10-24(13-23)30-16-20-6-2-8-22-18-32(34-28(20)22)26-12-4-11-25(14-26)31-17-21(7-1)27(19)33-31;1-3-5-4-2;1-2;;;/h1-18H;3-4H2,1-2H3;1H2,2H3;1H3;;/q+2;;2*-1;;. The van der Waals surface area contributed by atoms with Crippen LogP contribution in [0.1, 0.15) is 31.9 Å². The Balaban J connectivity index is 0.000000619. The predicted octanol–water partition coefficient (Wildman–Crippen LogP) is 7.88. The van der Waals surface area contributed by atoms with Gasteiger partial charge in [0.25, 0.3) is 11.4 Å². The molecular weight excluding hydrogens is 642 g/mol. The van der Waals surface area contributed by atoms with Gasteiger partial charge in [0.15, 0.2) is 0 Å². The molecule has 1 aliphatic rings. The maximum atomic E-state index is 6.24. The normalized spacial score (nSPS) is 10.7. The van der Waals surface area contributed by atoms with E-state index in [0.29, 0.717) is 0 Å². The van der Waals surface area contributed by atoms with Gasteiger partial charge in [-0.2, -0.15) is 6.92 Å². The molecule has 0 fully saturated rings. The molecule has 0 saturated heterocycles. The molecule has 1 aliphatic heterocycles. The van der Waals surface area contributed by atoms with Crippen LogP contribution < -0.4 is 9.48 Å². The summed E-state index contributed by atoms with van der Waals surface area (Å²) in [7, 11) is 0. The molecule has 0 N–H and O–H groups in total. The number of nitrogens with zero attached hydrogens (tertiary/aromatic N) is 4. The molecule has 3 heterocycles. The minimum Gasteiger partial charge on any atom is -0.382 e. The fourth-order valence-electron chi connectivity index (χ4n) is 4.43. The second-order valence-corrected chi connectivity index (χ2v) is 8.96. The van der Waals surface area contributed by atoms with Crippen molar-refractivity contribution in [2.75, 3.05) is 13.2 Å². The number of benzene rings is 4. The van der Waals surface area contributed by atoms with Crippen molar-refractivity contribution in [3.8, 4) is 11.4 Å². The molecule has 2 aromatic heterocycles. The van der Waals surface area contributed by atoms with Crippen molar-refractivity contribution in [3.05, 3.63) is 123 Å². The smallest absolute Gasteiger partial charge is 0.264 e. The van der Waals surface area contributed by atoms with Gasteiger partial charge in [-0.3, -0.25) is 9.98 Å². The first-order chi connectivity index (χ1) is 20.2. The average Bonchev–Trinajstić information content (AvgIpc) is 3.66. The summed E-state index contributed by atoms with van der Waals surface area (Å²) >= 11 is 0. The molecule has 0 amide bonds. The van der Waals surface area contributed by atoms with Crippen LogP contribution in [0, 0.1) is 14.4 Å². The van der Waals surface area contributed by atoms with Gasteiger partial charge in [-0.05, 0) is 62.4 Å². The third kappa shape index (κ3) is 8.19. The van der Waals surface area contributed by atoms with Gasteiger partial charge >= 0.3 is 0 Å². The van der Waals surface area contributed by atoms with Crippen molar-refractivity contribution in [2.24, 2.45) is 9.98 Å². The van der Waals surface area contributed by atoms with Crippen LogP contribution in [0.25, 0.3) is 33.3 Å². The first-order valence-electron chi connectivity index (χ1n) is 13.7. The van der Waals surface area contributed by atoms with Crippen LogP contribution in [0.5, 0.6) is 0 Å². The number of hydrogen-bond donors (Lipinski definition) is 0. The van der Waals surface area contributed by atoms with Crippen molar-refractivity contribution in [1.82, 2.24) is 0 Å². The number of ether oxygens (including phenoxy) is 1. The third-order valence-electron chi connectivity index (χ3n) is 6.33. The summed E-state index contributed by atoms with van der Waals surface area (Å²) in [6, 6.07) is 27.9. The van der Waals surface area contributed by atoms with E-state index >= 15 is 0 Å². The van der Waals surface area contributed by atoms with E-state index in [9.17, 15) is 0 Å². The zero-order valence-electron chi connectivity index (χ0n) is 25.2. The summed E-state index contributed by atoms with van der Waals surface area (Å²) in [5.74, 6) is 0. The maximum Gasteiger partial charge on any atom is 0.264 e. The molecule has 7 rings (SSSR count). The Morgan fingerprint density at radius 2 is 1.07 bits per heavy atom. The van der Waals surface area contributed by atoms with Crippen molar-refractivity contribution in [2.45, 2.75) is 20.8 Å². The Morgan fingerprint density at radius 3 is 1.50 bits per heavy atom. The number of para-hydroxylation sites is 2. The topological polar surface area (TPSA) is 68.0 Å². The first-order valence-corrected chi connectivity index (χ1v) is 13.7. The second-order valence-electron chi connectivity index (χ2n) is 8.96. The molecule has 6 aromatic rings. The SMILES string of the molecule is C1=Nc2cccc(c2)N=Cc2cccc3c[n+](oc23)-c2cccc(c2)-[n+]2cc3cccc1c3o2.CCOCC.[CH2-]C.[CH3-].[Co].[Co]. The van der Waals surface area contributed by atoms with E-state index in [1.807, 2.05) is 124 Å².